The van der Waals surface area contributed by atoms with Crippen molar-refractivity contribution in [1.29, 1.82) is 0 Å². The molecular weight excluding hydrogens is 373 g/mol. The van der Waals surface area contributed by atoms with E-state index in [4.69, 9.17) is 11.6 Å². The summed E-state index contributed by atoms with van der Waals surface area (Å²) < 4.78 is 37.7. The van der Waals surface area contributed by atoms with Gasteiger partial charge in [-0.3, -0.25) is 4.79 Å². The van der Waals surface area contributed by atoms with Crippen LogP contribution in [0.1, 0.15) is 30.9 Å². The molecule has 0 aliphatic rings. The molecule has 2 aromatic rings. The number of carbonyl (C=O) groups excluding carboxylic acids is 1. The van der Waals surface area contributed by atoms with Crippen molar-refractivity contribution in [2.45, 2.75) is 30.8 Å². The number of hydrogen-bond acceptors (Lipinski definition) is 3. The summed E-state index contributed by atoms with van der Waals surface area (Å²) in [5.41, 5.74) is 0.240. The second kappa shape index (κ2) is 8.10. The van der Waals surface area contributed by atoms with Gasteiger partial charge in [0.25, 0.3) is 0 Å². The first-order valence-corrected chi connectivity index (χ1v) is 8.78. The molecule has 1 aromatic heterocycles. The highest BCUT2D eigenvalue weighted by Crippen LogP contribution is 2.32. The Morgan fingerprint density at radius 3 is 2.44 bits per heavy atom. The van der Waals surface area contributed by atoms with Crippen LogP contribution < -0.4 is 5.32 Å². The summed E-state index contributed by atoms with van der Waals surface area (Å²) in [5, 5.41) is 2.16. The van der Waals surface area contributed by atoms with Crippen molar-refractivity contribution < 1.29 is 18.0 Å². The van der Waals surface area contributed by atoms with Gasteiger partial charge in [0.1, 0.15) is 0 Å². The molecule has 1 amide bonds. The summed E-state index contributed by atoms with van der Waals surface area (Å²) in [6.45, 7) is 4.19. The minimum Gasteiger partial charge on any atom is -0.309 e. The number of pyridine rings is 1. The number of halogens is 4. The number of amides is 1. The van der Waals surface area contributed by atoms with Gasteiger partial charge in [-0.05, 0) is 29.7 Å². The van der Waals surface area contributed by atoms with Crippen LogP contribution in [0.15, 0.2) is 41.4 Å². The molecule has 0 saturated carbocycles. The van der Waals surface area contributed by atoms with Crippen molar-refractivity contribution >= 4 is 35.1 Å². The molecule has 0 unspecified atom stereocenters. The second-order valence-electron chi connectivity index (χ2n) is 5.61. The average Bonchev–Trinajstić information content (AvgIpc) is 2.54. The predicted molar refractivity (Wildman–Crippen MR) is 94.1 cm³/mol. The molecular formula is C17H16ClF3N2OS. The Morgan fingerprint density at radius 1 is 1.28 bits per heavy atom. The van der Waals surface area contributed by atoms with Gasteiger partial charge in [0.05, 0.1) is 16.3 Å². The Morgan fingerprint density at radius 2 is 1.92 bits per heavy atom. The van der Waals surface area contributed by atoms with Crippen LogP contribution in [0.2, 0.25) is 5.02 Å². The maximum atomic E-state index is 12.6. The first-order valence-electron chi connectivity index (χ1n) is 7.42. The molecule has 0 radical (unpaired) electrons. The van der Waals surface area contributed by atoms with Gasteiger partial charge in [0.15, 0.2) is 5.82 Å². The van der Waals surface area contributed by atoms with Crippen molar-refractivity contribution in [2.75, 3.05) is 11.1 Å². The van der Waals surface area contributed by atoms with Crippen molar-refractivity contribution in [3.63, 3.8) is 0 Å². The fraction of sp³-hybridized carbons (Fsp3) is 0.294. The molecule has 25 heavy (non-hydrogen) atoms. The lowest BCUT2D eigenvalue weighted by atomic mass is 10.0. The van der Waals surface area contributed by atoms with Gasteiger partial charge in [0, 0.05) is 11.1 Å². The summed E-state index contributed by atoms with van der Waals surface area (Å²) in [6, 6.07) is 8.59. The molecule has 8 heteroatoms. The van der Waals surface area contributed by atoms with Crippen LogP contribution >= 0.6 is 23.4 Å². The minimum absolute atomic E-state index is 0.0876. The average molecular weight is 389 g/mol. The van der Waals surface area contributed by atoms with Crippen molar-refractivity contribution in [2.24, 2.45) is 0 Å². The van der Waals surface area contributed by atoms with Crippen LogP contribution in [-0.2, 0) is 11.0 Å². The van der Waals surface area contributed by atoms with Gasteiger partial charge in [-0.2, -0.15) is 13.2 Å². The largest absolute Gasteiger partial charge is 0.417 e. The molecule has 0 aliphatic carbocycles. The maximum absolute atomic E-state index is 12.6. The SMILES string of the molecule is CC(C)c1ccc(SCC(=O)Nc2ncc(C(F)(F)F)cc2Cl)cc1. The first-order chi connectivity index (χ1) is 11.7. The third-order valence-corrected chi connectivity index (χ3v) is 4.64. The van der Waals surface area contributed by atoms with Gasteiger partial charge in [-0.15, -0.1) is 11.8 Å². The van der Waals surface area contributed by atoms with Crippen molar-refractivity contribution in [3.8, 4) is 0 Å². The summed E-state index contributed by atoms with van der Waals surface area (Å²) >= 11 is 7.08. The van der Waals surface area contributed by atoms with E-state index in [2.05, 4.69) is 24.1 Å². The topological polar surface area (TPSA) is 42.0 Å². The number of hydrogen-bond donors (Lipinski definition) is 1. The van der Waals surface area contributed by atoms with Gasteiger partial charge in [-0.1, -0.05) is 37.6 Å². The van der Waals surface area contributed by atoms with E-state index in [0.29, 0.717) is 12.1 Å². The number of nitrogens with one attached hydrogen (secondary N) is 1. The van der Waals surface area contributed by atoms with Gasteiger partial charge < -0.3 is 5.32 Å². The zero-order chi connectivity index (χ0) is 18.6. The lowest BCUT2D eigenvalue weighted by Crippen LogP contribution is -2.16. The van der Waals surface area contributed by atoms with Crippen LogP contribution in [0.5, 0.6) is 0 Å². The Hall–Kier alpha value is -1.73. The lowest BCUT2D eigenvalue weighted by Gasteiger charge is -2.10. The van der Waals surface area contributed by atoms with Crippen LogP contribution in [0, 0.1) is 0 Å². The van der Waals surface area contributed by atoms with Crippen LogP contribution in [-0.4, -0.2) is 16.6 Å². The number of rotatable bonds is 5. The molecule has 0 atom stereocenters. The number of thioether (sulfide) groups is 1. The number of aromatic nitrogens is 1. The Kier molecular flexibility index (Phi) is 6.35. The molecule has 1 aromatic carbocycles. The minimum atomic E-state index is -4.53. The smallest absolute Gasteiger partial charge is 0.309 e. The molecule has 1 N–H and O–H groups in total. The molecule has 134 valence electrons. The first kappa shape index (κ1) is 19.6. The quantitative estimate of drug-likeness (QED) is 0.677. The number of carbonyl (C=O) groups is 1. The fourth-order valence-electron chi connectivity index (χ4n) is 1.95. The van der Waals surface area contributed by atoms with E-state index in [1.54, 1.807) is 0 Å². The monoisotopic (exact) mass is 388 g/mol. The van der Waals surface area contributed by atoms with E-state index in [1.165, 1.54) is 17.3 Å². The zero-order valence-corrected chi connectivity index (χ0v) is 15.1. The van der Waals surface area contributed by atoms with Crippen molar-refractivity contribution in [1.82, 2.24) is 4.98 Å². The summed E-state index contributed by atoms with van der Waals surface area (Å²) in [4.78, 5) is 16.4. The summed E-state index contributed by atoms with van der Waals surface area (Å²) in [6.07, 6.45) is -3.89. The molecule has 1 heterocycles. The van der Waals surface area contributed by atoms with Gasteiger partial charge >= 0.3 is 6.18 Å². The highest BCUT2D eigenvalue weighted by molar-refractivity contribution is 8.00. The van der Waals surface area contributed by atoms with E-state index in [0.717, 1.165) is 11.0 Å². The zero-order valence-electron chi connectivity index (χ0n) is 13.5. The van der Waals surface area contributed by atoms with E-state index >= 15 is 0 Å². The third kappa shape index (κ3) is 5.64. The predicted octanol–water partition coefficient (Wildman–Crippen LogP) is 5.61. The molecule has 2 rings (SSSR count). The normalized spacial score (nSPS) is 11.6. The van der Waals surface area contributed by atoms with Crippen LogP contribution in [0.25, 0.3) is 0 Å². The molecule has 0 bridgehead atoms. The Bertz CT molecular complexity index is 749. The Labute approximate surface area is 153 Å². The van der Waals surface area contributed by atoms with E-state index in [1.807, 2.05) is 24.3 Å². The van der Waals surface area contributed by atoms with Gasteiger partial charge in [0.2, 0.25) is 5.91 Å². The van der Waals surface area contributed by atoms with Crippen LogP contribution in [0.4, 0.5) is 19.0 Å². The summed E-state index contributed by atoms with van der Waals surface area (Å²) in [7, 11) is 0. The van der Waals surface area contributed by atoms with E-state index in [9.17, 15) is 18.0 Å². The maximum Gasteiger partial charge on any atom is 0.417 e. The van der Waals surface area contributed by atoms with Crippen LogP contribution in [0.3, 0.4) is 0 Å². The Balaban J connectivity index is 1.94. The third-order valence-electron chi connectivity index (χ3n) is 3.34. The number of benzene rings is 1. The standard InChI is InChI=1S/C17H16ClF3N2OS/c1-10(2)11-3-5-13(6-4-11)25-9-15(24)23-16-14(18)7-12(8-22-16)17(19,20)21/h3-8,10H,9H2,1-2H3,(H,22,23,24). The van der Waals surface area contributed by atoms with Gasteiger partial charge in [-0.25, -0.2) is 4.98 Å². The fourth-order valence-corrected chi connectivity index (χ4v) is 2.86. The lowest BCUT2D eigenvalue weighted by molar-refractivity contribution is -0.137. The highest BCUT2D eigenvalue weighted by Gasteiger charge is 2.31. The molecule has 3 nitrogen and oxygen atoms in total. The van der Waals surface area contributed by atoms with E-state index in [-0.39, 0.29) is 16.6 Å². The number of anilines is 1. The van der Waals surface area contributed by atoms with Crippen molar-refractivity contribution in [3.05, 3.63) is 52.7 Å². The number of alkyl halides is 3. The molecule has 0 aliphatic heterocycles. The summed E-state index contributed by atoms with van der Waals surface area (Å²) in [5.74, 6) is 0.0396. The second-order valence-corrected chi connectivity index (χ2v) is 7.07. The molecule has 0 fully saturated rings. The molecule has 0 saturated heterocycles. The number of nitrogens with zero attached hydrogens (tertiary/aromatic N) is 1. The molecule has 0 spiro atoms. The highest BCUT2D eigenvalue weighted by atomic mass is 35.5. The van der Waals surface area contributed by atoms with E-state index < -0.39 is 17.6 Å².